The number of rotatable bonds is 6. The first-order chi connectivity index (χ1) is 14.0. The van der Waals surface area contributed by atoms with E-state index < -0.39 is 9.71 Å². The van der Waals surface area contributed by atoms with Crippen molar-refractivity contribution in [2.75, 3.05) is 13.1 Å². The van der Waals surface area contributed by atoms with Gasteiger partial charge in [0.2, 0.25) is 0 Å². The van der Waals surface area contributed by atoms with Crippen molar-refractivity contribution in [3.63, 3.8) is 0 Å². The van der Waals surface area contributed by atoms with Crippen LogP contribution in [0.5, 0.6) is 0 Å². The molecule has 1 aliphatic heterocycles. The number of amides is 1. The minimum atomic E-state index is -2.49. The third kappa shape index (κ3) is 4.36. The van der Waals surface area contributed by atoms with Gasteiger partial charge < -0.3 is 0 Å². The topological polar surface area (TPSA) is 80.1 Å². The highest BCUT2D eigenvalue weighted by molar-refractivity contribution is 7.98. The van der Waals surface area contributed by atoms with Gasteiger partial charge in [-0.1, -0.05) is 6.07 Å². The summed E-state index contributed by atoms with van der Waals surface area (Å²) < 4.78 is 19.5. The van der Waals surface area contributed by atoms with Gasteiger partial charge in [-0.15, -0.1) is 0 Å². The molecule has 1 aliphatic rings. The Kier molecular flexibility index (Phi) is 5.70. The normalized spacial score (nSPS) is 16.4. The molecule has 150 valence electrons. The molecule has 1 saturated heterocycles. The molecule has 1 atom stereocenters. The molecule has 29 heavy (non-hydrogen) atoms. The first-order valence-corrected chi connectivity index (χ1v) is 11.7. The van der Waals surface area contributed by atoms with E-state index in [1.807, 2.05) is 28.6 Å². The Bertz CT molecular complexity index is 1090. The van der Waals surface area contributed by atoms with Gasteiger partial charge in [0.1, 0.15) is 0 Å². The number of nitrogens with one attached hydrogen (secondary N) is 1. The highest BCUT2D eigenvalue weighted by Crippen LogP contribution is 2.24. The van der Waals surface area contributed by atoms with E-state index in [0.29, 0.717) is 16.3 Å². The summed E-state index contributed by atoms with van der Waals surface area (Å²) in [6, 6.07) is 12.6. The first kappa shape index (κ1) is 19.7. The third-order valence-corrected chi connectivity index (χ3v) is 7.63. The molecule has 0 bridgehead atoms. The maximum Gasteiger partial charge on any atom is 0.262 e. The second kappa shape index (κ2) is 8.40. The van der Waals surface area contributed by atoms with Crippen LogP contribution in [0.4, 0.5) is 0 Å². The van der Waals surface area contributed by atoms with Crippen molar-refractivity contribution < 1.29 is 9.00 Å². The minimum absolute atomic E-state index is 0.255. The predicted octanol–water partition coefficient (Wildman–Crippen LogP) is 2.79. The van der Waals surface area contributed by atoms with Crippen LogP contribution in [0.15, 0.2) is 70.8 Å². The van der Waals surface area contributed by atoms with Crippen molar-refractivity contribution in [1.82, 2.24) is 23.8 Å². The summed E-state index contributed by atoms with van der Waals surface area (Å²) in [6.07, 6.45) is 7.06. The van der Waals surface area contributed by atoms with Gasteiger partial charge in [-0.25, -0.2) is 18.2 Å². The van der Waals surface area contributed by atoms with Crippen LogP contribution >= 0.6 is 11.9 Å². The SMILES string of the molecule is C=S(=O)(c1cccc(SNC(=O)c2ccc(-n3cccn3)nc2)c1)N1CCCC1. The van der Waals surface area contributed by atoms with Crippen LogP contribution < -0.4 is 4.72 Å². The molecule has 0 aliphatic carbocycles. The molecule has 7 nitrogen and oxygen atoms in total. The molecule has 9 heteroatoms. The fourth-order valence-electron chi connectivity index (χ4n) is 3.09. The second-order valence-electron chi connectivity index (χ2n) is 6.64. The Balaban J connectivity index is 1.42. The van der Waals surface area contributed by atoms with E-state index in [2.05, 4.69) is 20.7 Å². The maximum absolute atomic E-state index is 13.1. The maximum atomic E-state index is 13.1. The van der Waals surface area contributed by atoms with Crippen molar-refractivity contribution in [2.24, 2.45) is 0 Å². The molecule has 0 saturated carbocycles. The largest absolute Gasteiger partial charge is 0.292 e. The summed E-state index contributed by atoms with van der Waals surface area (Å²) in [7, 11) is -2.49. The lowest BCUT2D eigenvalue weighted by Crippen LogP contribution is -2.27. The van der Waals surface area contributed by atoms with Crippen molar-refractivity contribution in [1.29, 1.82) is 0 Å². The number of pyridine rings is 1. The second-order valence-corrected chi connectivity index (χ2v) is 9.79. The van der Waals surface area contributed by atoms with Crippen LogP contribution in [0.2, 0.25) is 0 Å². The van der Waals surface area contributed by atoms with E-state index in [9.17, 15) is 9.00 Å². The number of carbonyl (C=O) groups is 1. The Morgan fingerprint density at radius 3 is 2.69 bits per heavy atom. The molecular formula is C20H21N5O2S2. The zero-order chi connectivity index (χ0) is 20.3. The number of nitrogens with zero attached hydrogens (tertiary/aromatic N) is 4. The summed E-state index contributed by atoms with van der Waals surface area (Å²) in [4.78, 5) is 18.2. The van der Waals surface area contributed by atoms with E-state index >= 15 is 0 Å². The Morgan fingerprint density at radius 1 is 1.17 bits per heavy atom. The fourth-order valence-corrected chi connectivity index (χ4v) is 5.58. The van der Waals surface area contributed by atoms with Gasteiger partial charge in [-0.3, -0.25) is 9.52 Å². The molecule has 1 amide bonds. The lowest BCUT2D eigenvalue weighted by molar-refractivity contribution is 0.0984. The van der Waals surface area contributed by atoms with Crippen molar-refractivity contribution in [2.45, 2.75) is 22.6 Å². The zero-order valence-electron chi connectivity index (χ0n) is 15.7. The first-order valence-electron chi connectivity index (χ1n) is 9.20. The highest BCUT2D eigenvalue weighted by atomic mass is 32.2. The summed E-state index contributed by atoms with van der Waals surface area (Å²) >= 11 is 1.18. The average Bonchev–Trinajstić information content (AvgIpc) is 3.47. The summed E-state index contributed by atoms with van der Waals surface area (Å²) in [5.41, 5.74) is 0.447. The predicted molar refractivity (Wildman–Crippen MR) is 115 cm³/mol. The molecule has 0 spiro atoms. The van der Waals surface area contributed by atoms with Gasteiger partial charge in [0, 0.05) is 41.5 Å². The molecule has 2 aromatic heterocycles. The van der Waals surface area contributed by atoms with E-state index in [0.717, 1.165) is 30.8 Å². The van der Waals surface area contributed by atoms with Crippen molar-refractivity contribution in [3.05, 3.63) is 66.6 Å². The standard InChI is InChI=1S/C20H21N5O2S2/c1-29(27,24-11-2-3-12-24)18-7-4-6-17(14-18)28-23-20(26)16-8-9-19(21-15-16)25-13-5-10-22-25/h4-10,13-15H,1-3,11-12H2,(H,23,26). The van der Waals surface area contributed by atoms with Gasteiger partial charge in [-0.2, -0.15) is 5.10 Å². The zero-order valence-corrected chi connectivity index (χ0v) is 17.4. The molecular weight excluding hydrogens is 406 g/mol. The molecule has 3 heterocycles. The van der Waals surface area contributed by atoms with Crippen LogP contribution in [-0.2, 0) is 9.71 Å². The smallest absolute Gasteiger partial charge is 0.262 e. The van der Waals surface area contributed by atoms with E-state index in [4.69, 9.17) is 0 Å². The lowest BCUT2D eigenvalue weighted by Gasteiger charge is -2.21. The number of aromatic nitrogens is 3. The van der Waals surface area contributed by atoms with Crippen molar-refractivity contribution in [3.8, 4) is 5.82 Å². The molecule has 1 fully saturated rings. The molecule has 1 N–H and O–H groups in total. The van der Waals surface area contributed by atoms with Crippen LogP contribution in [0.3, 0.4) is 0 Å². The van der Waals surface area contributed by atoms with Crippen molar-refractivity contribution >= 4 is 33.4 Å². The van der Waals surface area contributed by atoms with E-state index in [1.165, 1.54) is 18.1 Å². The number of hydrogen-bond acceptors (Lipinski definition) is 5. The molecule has 3 aromatic rings. The monoisotopic (exact) mass is 427 g/mol. The Morgan fingerprint density at radius 2 is 2.00 bits per heavy atom. The van der Waals surface area contributed by atoms with Crippen LogP contribution in [-0.4, -0.2) is 48.1 Å². The fraction of sp³-hybridized carbons (Fsp3) is 0.200. The molecule has 1 unspecified atom stereocenters. The molecule has 4 rings (SSSR count). The molecule has 0 radical (unpaired) electrons. The summed E-state index contributed by atoms with van der Waals surface area (Å²) in [6.45, 7) is 1.61. The average molecular weight is 428 g/mol. The Hall–Kier alpha value is -2.62. The Labute approximate surface area is 174 Å². The van der Waals surface area contributed by atoms with Gasteiger partial charge in [0.15, 0.2) is 5.82 Å². The summed E-state index contributed by atoms with van der Waals surface area (Å²) in [5, 5.41) is 4.11. The van der Waals surface area contributed by atoms with E-state index in [1.54, 1.807) is 35.3 Å². The molecule has 1 aromatic carbocycles. The summed E-state index contributed by atoms with van der Waals surface area (Å²) in [5.74, 6) is 4.36. The van der Waals surface area contributed by atoms with Crippen LogP contribution in [0, 0.1) is 0 Å². The lowest BCUT2D eigenvalue weighted by atomic mass is 10.3. The van der Waals surface area contributed by atoms with Gasteiger partial charge in [0.25, 0.3) is 5.91 Å². The quantitative estimate of drug-likeness (QED) is 0.483. The van der Waals surface area contributed by atoms with Crippen LogP contribution in [0.1, 0.15) is 23.2 Å². The minimum Gasteiger partial charge on any atom is -0.292 e. The van der Waals surface area contributed by atoms with Crippen LogP contribution in [0.25, 0.3) is 5.82 Å². The third-order valence-electron chi connectivity index (χ3n) is 4.67. The number of carbonyl (C=O) groups excluding carboxylic acids is 1. The van der Waals surface area contributed by atoms with Gasteiger partial charge in [-0.05, 0) is 67.1 Å². The van der Waals surface area contributed by atoms with Gasteiger partial charge >= 0.3 is 0 Å². The highest BCUT2D eigenvalue weighted by Gasteiger charge is 2.22. The number of benzene rings is 1. The van der Waals surface area contributed by atoms with Gasteiger partial charge in [0.05, 0.1) is 15.3 Å². The van der Waals surface area contributed by atoms with E-state index in [-0.39, 0.29) is 5.91 Å². The number of hydrogen-bond donors (Lipinski definition) is 1.